The molecule has 0 saturated carbocycles. The van der Waals surface area contributed by atoms with Crippen molar-refractivity contribution >= 4 is 23.0 Å². The van der Waals surface area contributed by atoms with Gasteiger partial charge in [0.1, 0.15) is 0 Å². The Morgan fingerprint density at radius 1 is 1.15 bits per heavy atom. The molecule has 2 aromatic heterocycles. The van der Waals surface area contributed by atoms with Crippen molar-refractivity contribution in [1.82, 2.24) is 5.16 Å². The molecule has 2 atom stereocenters. The van der Waals surface area contributed by atoms with Gasteiger partial charge in [0, 0.05) is 22.6 Å². The maximum atomic E-state index is 13.2. The number of benzene rings is 1. The Morgan fingerprint density at radius 3 is 2.77 bits per heavy atom. The molecule has 0 bridgehead atoms. The monoisotopic (exact) mass is 362 g/mol. The molecule has 2 aliphatic rings. The Kier molecular flexibility index (Phi) is 3.57. The Bertz CT molecular complexity index is 1000. The lowest BCUT2D eigenvalue weighted by molar-refractivity contribution is -0.116. The van der Waals surface area contributed by atoms with Gasteiger partial charge < -0.3 is 9.84 Å². The van der Waals surface area contributed by atoms with E-state index in [9.17, 15) is 4.79 Å². The number of anilines is 1. The molecule has 5 heteroatoms. The summed E-state index contributed by atoms with van der Waals surface area (Å²) >= 11 is 1.68. The number of hydrogen-bond donors (Lipinski definition) is 1. The fourth-order valence-electron chi connectivity index (χ4n) is 4.17. The van der Waals surface area contributed by atoms with E-state index in [0.29, 0.717) is 12.3 Å². The predicted molar refractivity (Wildman–Crippen MR) is 101 cm³/mol. The minimum absolute atomic E-state index is 0.0725. The van der Waals surface area contributed by atoms with Crippen molar-refractivity contribution in [2.45, 2.75) is 31.6 Å². The SMILES string of the molecule is Cc1noc2c1C(c1cccs1)C1=C(CC(c3ccccc3)CC1=O)N2. The molecule has 1 aliphatic heterocycles. The highest BCUT2D eigenvalue weighted by Crippen LogP contribution is 2.49. The molecule has 0 radical (unpaired) electrons. The van der Waals surface area contributed by atoms with Gasteiger partial charge in [-0.1, -0.05) is 41.6 Å². The van der Waals surface area contributed by atoms with Crippen LogP contribution in [0.4, 0.5) is 5.88 Å². The maximum absolute atomic E-state index is 13.2. The molecule has 3 heterocycles. The second-order valence-corrected chi connectivity index (χ2v) is 7.89. The first-order valence-electron chi connectivity index (χ1n) is 8.80. The summed E-state index contributed by atoms with van der Waals surface area (Å²) in [6, 6.07) is 14.4. The highest BCUT2D eigenvalue weighted by atomic mass is 32.1. The molecule has 1 N–H and O–H groups in total. The van der Waals surface area contributed by atoms with Crippen molar-refractivity contribution in [3.05, 3.63) is 80.8 Å². The average Bonchev–Trinajstić information content (AvgIpc) is 3.31. The number of nitrogens with one attached hydrogen (secondary N) is 1. The van der Waals surface area contributed by atoms with Crippen LogP contribution in [0.2, 0.25) is 0 Å². The van der Waals surface area contributed by atoms with E-state index in [1.165, 1.54) is 5.56 Å². The molecule has 0 fully saturated rings. The number of thiophene rings is 1. The molecular formula is C21H18N2O2S. The molecule has 0 amide bonds. The molecule has 1 aromatic carbocycles. The third kappa shape index (κ3) is 2.35. The topological polar surface area (TPSA) is 55.1 Å². The van der Waals surface area contributed by atoms with Crippen LogP contribution < -0.4 is 5.32 Å². The van der Waals surface area contributed by atoms with E-state index >= 15 is 0 Å². The lowest BCUT2D eigenvalue weighted by Gasteiger charge is -2.34. The van der Waals surface area contributed by atoms with Crippen molar-refractivity contribution < 1.29 is 9.32 Å². The van der Waals surface area contributed by atoms with Gasteiger partial charge >= 0.3 is 0 Å². The first-order valence-corrected chi connectivity index (χ1v) is 9.68. The van der Waals surface area contributed by atoms with Gasteiger partial charge in [0.05, 0.1) is 17.2 Å². The summed E-state index contributed by atoms with van der Waals surface area (Å²) < 4.78 is 5.54. The molecule has 1 aliphatic carbocycles. The fraction of sp³-hybridized carbons (Fsp3) is 0.238. The van der Waals surface area contributed by atoms with Crippen LogP contribution in [-0.4, -0.2) is 10.9 Å². The Balaban J connectivity index is 1.62. The zero-order valence-corrected chi connectivity index (χ0v) is 15.2. The van der Waals surface area contributed by atoms with Gasteiger partial charge in [-0.05, 0) is 36.3 Å². The largest absolute Gasteiger partial charge is 0.338 e. The fourth-order valence-corrected chi connectivity index (χ4v) is 5.02. The number of rotatable bonds is 2. The van der Waals surface area contributed by atoms with E-state index in [4.69, 9.17) is 4.52 Å². The number of fused-ring (bicyclic) bond motifs is 1. The summed E-state index contributed by atoms with van der Waals surface area (Å²) in [6.45, 7) is 1.94. The third-order valence-corrected chi connectivity index (χ3v) is 6.29. The van der Waals surface area contributed by atoms with E-state index in [1.54, 1.807) is 11.3 Å². The van der Waals surface area contributed by atoms with Gasteiger partial charge in [-0.2, -0.15) is 0 Å². The molecule has 2 unspecified atom stereocenters. The van der Waals surface area contributed by atoms with Crippen molar-refractivity contribution in [1.29, 1.82) is 0 Å². The standard InChI is InChI=1S/C21H18N2O2S/c1-12-18-20(17-8-5-9-26-17)19-15(22-21(18)25-23-12)10-14(11-16(19)24)13-6-3-2-4-7-13/h2-9,14,20,22H,10-11H2,1H3. The normalized spacial score (nSPS) is 22.0. The zero-order chi connectivity index (χ0) is 17.7. The smallest absolute Gasteiger partial charge is 0.233 e. The van der Waals surface area contributed by atoms with Gasteiger partial charge in [-0.25, -0.2) is 0 Å². The highest BCUT2D eigenvalue weighted by Gasteiger charge is 2.41. The lowest BCUT2D eigenvalue weighted by Crippen LogP contribution is -2.29. The Hall–Kier alpha value is -2.66. The number of hydrogen-bond acceptors (Lipinski definition) is 5. The minimum atomic E-state index is -0.0725. The number of nitrogens with zero attached hydrogens (tertiary/aromatic N) is 1. The summed E-state index contributed by atoms with van der Waals surface area (Å²) in [5.74, 6) is 1.03. The van der Waals surface area contributed by atoms with Crippen molar-refractivity contribution in [2.24, 2.45) is 0 Å². The van der Waals surface area contributed by atoms with Crippen LogP contribution in [0.5, 0.6) is 0 Å². The first kappa shape index (κ1) is 15.6. The number of aromatic nitrogens is 1. The van der Waals surface area contributed by atoms with Crippen LogP contribution in [-0.2, 0) is 4.79 Å². The molecule has 26 heavy (non-hydrogen) atoms. The number of Topliss-reactive ketones (excluding diaryl/α,β-unsaturated/α-hetero) is 1. The zero-order valence-electron chi connectivity index (χ0n) is 14.4. The van der Waals surface area contributed by atoms with Crippen molar-refractivity contribution in [2.75, 3.05) is 5.32 Å². The van der Waals surface area contributed by atoms with Gasteiger partial charge in [0.15, 0.2) is 5.78 Å². The van der Waals surface area contributed by atoms with Gasteiger partial charge in [-0.3, -0.25) is 4.79 Å². The van der Waals surface area contributed by atoms with E-state index in [-0.39, 0.29) is 17.6 Å². The summed E-state index contributed by atoms with van der Waals surface area (Å²) in [4.78, 5) is 14.4. The predicted octanol–water partition coefficient (Wildman–Crippen LogP) is 5.00. The van der Waals surface area contributed by atoms with Crippen LogP contribution in [0.25, 0.3) is 0 Å². The van der Waals surface area contributed by atoms with Gasteiger partial charge in [0.2, 0.25) is 5.88 Å². The number of aryl methyl sites for hydroxylation is 1. The molecular weight excluding hydrogens is 344 g/mol. The summed E-state index contributed by atoms with van der Waals surface area (Å²) in [7, 11) is 0. The minimum Gasteiger partial charge on any atom is -0.338 e. The van der Waals surface area contributed by atoms with Crippen LogP contribution in [0, 0.1) is 6.92 Å². The second kappa shape index (κ2) is 5.95. The van der Waals surface area contributed by atoms with E-state index in [2.05, 4.69) is 34.1 Å². The van der Waals surface area contributed by atoms with E-state index in [0.717, 1.165) is 33.8 Å². The Morgan fingerprint density at radius 2 is 2.00 bits per heavy atom. The number of ketones is 1. The molecule has 3 aromatic rings. The molecule has 0 spiro atoms. The Labute approximate surface area is 155 Å². The summed E-state index contributed by atoms with van der Waals surface area (Å²) in [5.41, 5.74) is 4.92. The van der Waals surface area contributed by atoms with Crippen molar-refractivity contribution in [3.63, 3.8) is 0 Å². The van der Waals surface area contributed by atoms with Crippen LogP contribution in [0.1, 0.15) is 46.4 Å². The van der Waals surface area contributed by atoms with Crippen LogP contribution in [0.15, 0.2) is 63.6 Å². The molecule has 130 valence electrons. The van der Waals surface area contributed by atoms with Crippen LogP contribution >= 0.6 is 11.3 Å². The molecule has 0 saturated heterocycles. The summed E-state index contributed by atoms with van der Waals surface area (Å²) in [5, 5.41) is 9.58. The van der Waals surface area contributed by atoms with Gasteiger partial charge in [0.25, 0.3) is 0 Å². The first-order chi connectivity index (χ1) is 12.7. The highest BCUT2D eigenvalue weighted by molar-refractivity contribution is 7.10. The molecule has 5 rings (SSSR count). The van der Waals surface area contributed by atoms with E-state index in [1.807, 2.05) is 31.2 Å². The van der Waals surface area contributed by atoms with E-state index < -0.39 is 0 Å². The lowest BCUT2D eigenvalue weighted by atomic mass is 9.74. The second-order valence-electron chi connectivity index (χ2n) is 6.92. The maximum Gasteiger partial charge on any atom is 0.233 e. The average molecular weight is 362 g/mol. The molecule has 4 nitrogen and oxygen atoms in total. The van der Waals surface area contributed by atoms with Gasteiger partial charge in [-0.15, -0.1) is 11.3 Å². The van der Waals surface area contributed by atoms with Crippen LogP contribution in [0.3, 0.4) is 0 Å². The quantitative estimate of drug-likeness (QED) is 0.697. The van der Waals surface area contributed by atoms with Crippen molar-refractivity contribution in [3.8, 4) is 0 Å². The summed E-state index contributed by atoms with van der Waals surface area (Å²) in [6.07, 6.45) is 1.36. The third-order valence-electron chi connectivity index (χ3n) is 5.36. The number of allylic oxidation sites excluding steroid dienone is 2. The number of carbonyl (C=O) groups is 1. The number of carbonyl (C=O) groups excluding carboxylic acids is 1.